The van der Waals surface area contributed by atoms with Gasteiger partial charge in [-0.2, -0.15) is 13.2 Å². The van der Waals surface area contributed by atoms with Gasteiger partial charge in [0.25, 0.3) is 0 Å². The first-order valence-electron chi connectivity index (χ1n) is 4.86. The molecule has 5 heteroatoms. The smallest absolute Gasteiger partial charge is 0.410 e. The second-order valence-corrected chi connectivity index (χ2v) is 3.44. The first kappa shape index (κ1) is 13.4. The minimum atomic E-state index is -4.32. The highest BCUT2D eigenvalue weighted by Crippen LogP contribution is 2.31. The Balaban J connectivity index is 3.12. The molecule has 0 radical (unpaired) electrons. The van der Waals surface area contributed by atoms with Gasteiger partial charge in [0, 0.05) is 6.08 Å². The molecule has 1 aromatic carbocycles. The van der Waals surface area contributed by atoms with Crippen LogP contribution in [0.2, 0.25) is 0 Å². The van der Waals surface area contributed by atoms with Gasteiger partial charge >= 0.3 is 6.18 Å². The number of ether oxygens (including phenoxy) is 2. The maximum absolute atomic E-state index is 12.2. The molecule has 0 aliphatic heterocycles. The lowest BCUT2D eigenvalue weighted by atomic mass is 10.1. The van der Waals surface area contributed by atoms with Crippen LogP contribution >= 0.6 is 0 Å². The van der Waals surface area contributed by atoms with E-state index in [0.717, 1.165) is 0 Å². The van der Waals surface area contributed by atoms with Gasteiger partial charge in [0.15, 0.2) is 11.5 Å². The monoisotopic (exact) mass is 246 g/mol. The number of halogens is 3. The van der Waals surface area contributed by atoms with Gasteiger partial charge in [0.1, 0.15) is 0 Å². The van der Waals surface area contributed by atoms with Crippen LogP contribution in [-0.2, 0) is 0 Å². The van der Waals surface area contributed by atoms with Gasteiger partial charge in [-0.15, -0.1) is 0 Å². The van der Waals surface area contributed by atoms with Crippen molar-refractivity contribution in [1.29, 1.82) is 0 Å². The molecule has 1 rings (SSSR count). The Morgan fingerprint density at radius 3 is 2.18 bits per heavy atom. The van der Waals surface area contributed by atoms with E-state index in [1.807, 2.05) is 0 Å². The molecule has 0 saturated carbocycles. The third kappa shape index (κ3) is 3.69. The summed E-state index contributed by atoms with van der Waals surface area (Å²) in [6, 6.07) is 4.64. The summed E-state index contributed by atoms with van der Waals surface area (Å²) < 4.78 is 46.6. The molecule has 0 atom stereocenters. The van der Waals surface area contributed by atoms with Crippen molar-refractivity contribution in [2.75, 3.05) is 14.2 Å². The molecule has 0 aromatic heterocycles. The zero-order valence-corrected chi connectivity index (χ0v) is 9.76. The molecular formula is C12H13F3O2. The Hall–Kier alpha value is -1.65. The van der Waals surface area contributed by atoms with Gasteiger partial charge in [0.2, 0.25) is 0 Å². The molecule has 0 heterocycles. The van der Waals surface area contributed by atoms with E-state index in [4.69, 9.17) is 9.47 Å². The molecule has 2 nitrogen and oxygen atoms in total. The summed E-state index contributed by atoms with van der Waals surface area (Å²) in [4.78, 5) is 0. The third-order valence-corrected chi connectivity index (χ3v) is 2.22. The SMILES string of the molecule is COc1ccc(/C(C)=C/C(F)(F)F)cc1OC. The average molecular weight is 246 g/mol. The minimum Gasteiger partial charge on any atom is -0.493 e. The van der Waals surface area contributed by atoms with E-state index < -0.39 is 6.18 Å². The summed E-state index contributed by atoms with van der Waals surface area (Å²) >= 11 is 0. The highest BCUT2D eigenvalue weighted by atomic mass is 19.4. The summed E-state index contributed by atoms with van der Waals surface area (Å²) in [6.07, 6.45) is -4.06. The minimum absolute atomic E-state index is 0.124. The van der Waals surface area contributed by atoms with Gasteiger partial charge in [-0.05, 0) is 30.2 Å². The van der Waals surface area contributed by atoms with Crippen molar-refractivity contribution in [3.05, 3.63) is 29.8 Å². The van der Waals surface area contributed by atoms with E-state index in [-0.39, 0.29) is 11.6 Å². The zero-order valence-electron chi connectivity index (χ0n) is 9.76. The van der Waals surface area contributed by atoms with E-state index in [9.17, 15) is 13.2 Å². The molecule has 94 valence electrons. The molecule has 0 aliphatic rings. The van der Waals surface area contributed by atoms with Crippen molar-refractivity contribution < 1.29 is 22.6 Å². The maximum atomic E-state index is 12.2. The summed E-state index contributed by atoms with van der Waals surface area (Å²) in [7, 11) is 2.90. The highest BCUT2D eigenvalue weighted by Gasteiger charge is 2.23. The third-order valence-electron chi connectivity index (χ3n) is 2.22. The summed E-state index contributed by atoms with van der Waals surface area (Å²) in [5, 5.41) is 0. The van der Waals surface area contributed by atoms with Gasteiger partial charge in [-0.3, -0.25) is 0 Å². The fourth-order valence-electron chi connectivity index (χ4n) is 1.41. The van der Waals surface area contributed by atoms with Crippen LogP contribution in [0.5, 0.6) is 11.5 Å². The lowest BCUT2D eigenvalue weighted by Gasteiger charge is -2.10. The number of hydrogen-bond donors (Lipinski definition) is 0. The normalized spacial score (nSPS) is 12.5. The number of allylic oxidation sites excluding steroid dienone is 2. The van der Waals surface area contributed by atoms with E-state index in [2.05, 4.69) is 0 Å². The summed E-state index contributed by atoms with van der Waals surface area (Å²) in [5.74, 6) is 0.885. The topological polar surface area (TPSA) is 18.5 Å². The number of benzene rings is 1. The molecule has 0 unspecified atom stereocenters. The number of rotatable bonds is 3. The number of methoxy groups -OCH3 is 2. The predicted octanol–water partition coefficient (Wildman–Crippen LogP) is 3.67. The highest BCUT2D eigenvalue weighted by molar-refractivity contribution is 5.67. The van der Waals surface area contributed by atoms with Crippen LogP contribution in [-0.4, -0.2) is 20.4 Å². The van der Waals surface area contributed by atoms with Crippen molar-refractivity contribution in [3.8, 4) is 11.5 Å². The Morgan fingerprint density at radius 2 is 1.71 bits per heavy atom. The molecule has 0 N–H and O–H groups in total. The molecule has 0 fully saturated rings. The molecule has 0 spiro atoms. The molecule has 0 aliphatic carbocycles. The number of hydrogen-bond acceptors (Lipinski definition) is 2. The van der Waals surface area contributed by atoms with Crippen LogP contribution in [0.25, 0.3) is 5.57 Å². The van der Waals surface area contributed by atoms with Gasteiger partial charge in [-0.25, -0.2) is 0 Å². The van der Waals surface area contributed by atoms with Crippen LogP contribution in [0.4, 0.5) is 13.2 Å². The quantitative estimate of drug-likeness (QED) is 0.810. The van der Waals surface area contributed by atoms with Crippen molar-refractivity contribution in [1.82, 2.24) is 0 Å². The Morgan fingerprint density at radius 1 is 1.12 bits per heavy atom. The van der Waals surface area contributed by atoms with E-state index in [0.29, 0.717) is 17.1 Å². The second-order valence-electron chi connectivity index (χ2n) is 3.44. The van der Waals surface area contributed by atoms with Crippen LogP contribution in [0.15, 0.2) is 24.3 Å². The maximum Gasteiger partial charge on any atom is 0.410 e. The molecule has 0 saturated heterocycles. The molecule has 1 aromatic rings. The van der Waals surface area contributed by atoms with Crippen molar-refractivity contribution in [3.63, 3.8) is 0 Å². The summed E-state index contributed by atoms with van der Waals surface area (Å²) in [6.45, 7) is 1.40. The van der Waals surface area contributed by atoms with Crippen molar-refractivity contribution >= 4 is 5.57 Å². The zero-order chi connectivity index (χ0) is 13.1. The average Bonchev–Trinajstić information content (AvgIpc) is 2.25. The van der Waals surface area contributed by atoms with E-state index in [1.54, 1.807) is 12.1 Å². The Labute approximate surface area is 97.7 Å². The second kappa shape index (κ2) is 5.12. The number of alkyl halides is 3. The van der Waals surface area contributed by atoms with Crippen LogP contribution < -0.4 is 9.47 Å². The molecule has 0 bridgehead atoms. The lowest BCUT2D eigenvalue weighted by molar-refractivity contribution is -0.0793. The Kier molecular flexibility index (Phi) is 4.04. The van der Waals surface area contributed by atoms with E-state index >= 15 is 0 Å². The first-order valence-corrected chi connectivity index (χ1v) is 4.86. The van der Waals surface area contributed by atoms with Gasteiger partial charge in [0.05, 0.1) is 14.2 Å². The van der Waals surface area contributed by atoms with Crippen LogP contribution in [0.1, 0.15) is 12.5 Å². The van der Waals surface area contributed by atoms with Gasteiger partial charge < -0.3 is 9.47 Å². The molecule has 17 heavy (non-hydrogen) atoms. The van der Waals surface area contributed by atoms with Crippen molar-refractivity contribution in [2.24, 2.45) is 0 Å². The lowest BCUT2D eigenvalue weighted by Crippen LogP contribution is -2.02. The predicted molar refractivity (Wildman–Crippen MR) is 59.3 cm³/mol. The summed E-state index contributed by atoms with van der Waals surface area (Å²) in [5.41, 5.74) is 0.568. The molecule has 0 amide bonds. The van der Waals surface area contributed by atoms with Crippen LogP contribution in [0, 0.1) is 0 Å². The van der Waals surface area contributed by atoms with Crippen molar-refractivity contribution in [2.45, 2.75) is 13.1 Å². The molecular weight excluding hydrogens is 233 g/mol. The first-order chi connectivity index (χ1) is 7.87. The Bertz CT molecular complexity index is 422. The fourth-order valence-corrected chi connectivity index (χ4v) is 1.41. The van der Waals surface area contributed by atoms with Gasteiger partial charge in [-0.1, -0.05) is 6.07 Å². The largest absolute Gasteiger partial charge is 0.493 e. The van der Waals surface area contributed by atoms with E-state index in [1.165, 1.54) is 27.2 Å². The standard InChI is InChI=1S/C12H13F3O2/c1-8(7-12(13,14)15)9-4-5-10(16-2)11(6-9)17-3/h4-7H,1-3H3/b8-7+. The van der Waals surface area contributed by atoms with Crippen LogP contribution in [0.3, 0.4) is 0 Å². The fraction of sp³-hybridized carbons (Fsp3) is 0.333.